The zero-order chi connectivity index (χ0) is 10.5. The van der Waals surface area contributed by atoms with E-state index < -0.39 is 0 Å². The van der Waals surface area contributed by atoms with E-state index in [0.29, 0.717) is 18.3 Å². The summed E-state index contributed by atoms with van der Waals surface area (Å²) in [4.78, 5) is 11.4. The lowest BCUT2D eigenvalue weighted by Gasteiger charge is -2.08. The first kappa shape index (κ1) is 10.6. The summed E-state index contributed by atoms with van der Waals surface area (Å²) < 4.78 is 10.6. The molecule has 4 heteroatoms. The van der Waals surface area contributed by atoms with Crippen molar-refractivity contribution in [2.45, 2.75) is 25.4 Å². The molecule has 0 aliphatic carbocycles. The number of carbonyl (C=O) groups is 1. The van der Waals surface area contributed by atoms with Gasteiger partial charge in [0.05, 0.1) is 18.3 Å². The molecule has 0 bridgehead atoms. The monoisotopic (exact) mass is 226 g/mol. The lowest BCUT2D eigenvalue weighted by Crippen LogP contribution is -2.12. The van der Waals surface area contributed by atoms with E-state index in [1.54, 1.807) is 11.4 Å². The zero-order valence-corrected chi connectivity index (χ0v) is 9.29. The molecule has 15 heavy (non-hydrogen) atoms. The second-order valence-electron chi connectivity index (χ2n) is 3.57. The summed E-state index contributed by atoms with van der Waals surface area (Å²) in [5.41, 5.74) is 0.646. The molecule has 0 unspecified atom stereocenters. The number of hydrogen-bond donors (Lipinski definition) is 0. The van der Waals surface area contributed by atoms with E-state index in [4.69, 9.17) is 9.47 Å². The third-order valence-corrected chi connectivity index (χ3v) is 3.14. The van der Waals surface area contributed by atoms with Crippen LogP contribution < -0.4 is 0 Å². The Labute approximate surface area is 93.0 Å². The molecule has 0 N–H and O–H groups in total. The van der Waals surface area contributed by atoms with E-state index in [1.807, 2.05) is 5.38 Å². The van der Waals surface area contributed by atoms with Crippen LogP contribution in [0.25, 0.3) is 0 Å². The van der Waals surface area contributed by atoms with Gasteiger partial charge in [-0.15, -0.1) is 0 Å². The Morgan fingerprint density at radius 2 is 2.60 bits per heavy atom. The molecule has 1 saturated heterocycles. The number of hydrogen-bond acceptors (Lipinski definition) is 4. The molecule has 0 saturated carbocycles. The fourth-order valence-corrected chi connectivity index (χ4v) is 2.24. The maximum absolute atomic E-state index is 11.4. The van der Waals surface area contributed by atoms with Gasteiger partial charge in [0.25, 0.3) is 0 Å². The first-order valence-corrected chi connectivity index (χ1v) is 6.11. The Bertz CT molecular complexity index is 302. The molecular weight excluding hydrogens is 212 g/mol. The van der Waals surface area contributed by atoms with Gasteiger partial charge < -0.3 is 9.47 Å². The Hall–Kier alpha value is -0.870. The van der Waals surface area contributed by atoms with Crippen LogP contribution in [-0.2, 0) is 9.47 Å². The van der Waals surface area contributed by atoms with Gasteiger partial charge >= 0.3 is 5.97 Å². The highest BCUT2D eigenvalue weighted by atomic mass is 32.1. The molecule has 3 nitrogen and oxygen atoms in total. The van der Waals surface area contributed by atoms with Gasteiger partial charge in [0.1, 0.15) is 0 Å². The van der Waals surface area contributed by atoms with E-state index in [9.17, 15) is 4.79 Å². The van der Waals surface area contributed by atoms with Crippen LogP contribution >= 0.6 is 11.3 Å². The zero-order valence-electron chi connectivity index (χ0n) is 8.48. The average molecular weight is 226 g/mol. The summed E-state index contributed by atoms with van der Waals surface area (Å²) in [7, 11) is 0. The SMILES string of the molecule is O=C(OCC[C@@H]1CCCO1)c1ccsc1. The van der Waals surface area contributed by atoms with Gasteiger partial charge in [-0.1, -0.05) is 0 Å². The van der Waals surface area contributed by atoms with Crippen molar-refractivity contribution < 1.29 is 14.3 Å². The van der Waals surface area contributed by atoms with Crippen LogP contribution in [0.4, 0.5) is 0 Å². The van der Waals surface area contributed by atoms with E-state index in [0.717, 1.165) is 25.9 Å². The first-order valence-electron chi connectivity index (χ1n) is 5.17. The Kier molecular flexibility index (Phi) is 3.75. The molecule has 2 heterocycles. The summed E-state index contributed by atoms with van der Waals surface area (Å²) in [6.45, 7) is 1.31. The number of ether oxygens (including phenoxy) is 2. The molecule has 1 aromatic rings. The van der Waals surface area contributed by atoms with Crippen LogP contribution in [0.3, 0.4) is 0 Å². The van der Waals surface area contributed by atoms with Gasteiger partial charge in [-0.2, -0.15) is 11.3 Å². The summed E-state index contributed by atoms with van der Waals surface area (Å²) in [6, 6.07) is 1.78. The third-order valence-electron chi connectivity index (χ3n) is 2.45. The second-order valence-corrected chi connectivity index (χ2v) is 4.35. The molecule has 2 rings (SSSR count). The van der Waals surface area contributed by atoms with Crippen molar-refractivity contribution in [1.29, 1.82) is 0 Å². The van der Waals surface area contributed by atoms with Crippen LogP contribution in [0.2, 0.25) is 0 Å². The average Bonchev–Trinajstić information content (AvgIpc) is 2.90. The van der Waals surface area contributed by atoms with E-state index in [1.165, 1.54) is 11.3 Å². The van der Waals surface area contributed by atoms with Crippen LogP contribution in [-0.4, -0.2) is 25.3 Å². The molecule has 1 aliphatic heterocycles. The van der Waals surface area contributed by atoms with E-state index >= 15 is 0 Å². The standard InChI is InChI=1S/C11H14O3S/c12-11(9-4-7-15-8-9)14-6-3-10-2-1-5-13-10/h4,7-8,10H,1-3,5-6H2/t10-/m0/s1. The minimum atomic E-state index is -0.228. The molecule has 0 radical (unpaired) electrons. The normalized spacial score (nSPS) is 20.4. The van der Waals surface area contributed by atoms with Crippen molar-refractivity contribution in [1.82, 2.24) is 0 Å². The Morgan fingerprint density at radius 3 is 3.27 bits per heavy atom. The van der Waals surface area contributed by atoms with Gasteiger partial charge in [-0.05, 0) is 24.3 Å². The third kappa shape index (κ3) is 3.04. The summed E-state index contributed by atoms with van der Waals surface area (Å²) >= 11 is 1.50. The van der Waals surface area contributed by atoms with Crippen molar-refractivity contribution in [2.75, 3.05) is 13.2 Å². The van der Waals surface area contributed by atoms with Gasteiger partial charge in [0.2, 0.25) is 0 Å². The Morgan fingerprint density at radius 1 is 1.67 bits per heavy atom. The predicted octanol–water partition coefficient (Wildman–Crippen LogP) is 2.47. The number of thiophene rings is 1. The lowest BCUT2D eigenvalue weighted by molar-refractivity contribution is 0.0386. The summed E-state index contributed by atoms with van der Waals surface area (Å²) in [6.07, 6.45) is 3.33. The van der Waals surface area contributed by atoms with Gasteiger partial charge in [0.15, 0.2) is 0 Å². The quantitative estimate of drug-likeness (QED) is 0.740. The maximum Gasteiger partial charge on any atom is 0.338 e. The molecule has 1 fully saturated rings. The van der Waals surface area contributed by atoms with Crippen LogP contribution in [0.5, 0.6) is 0 Å². The fourth-order valence-electron chi connectivity index (χ4n) is 1.62. The Balaban J connectivity index is 1.67. The van der Waals surface area contributed by atoms with Crippen LogP contribution in [0.15, 0.2) is 16.8 Å². The topological polar surface area (TPSA) is 35.5 Å². The van der Waals surface area contributed by atoms with Crippen LogP contribution in [0.1, 0.15) is 29.6 Å². The number of rotatable bonds is 4. The van der Waals surface area contributed by atoms with E-state index in [2.05, 4.69) is 0 Å². The van der Waals surface area contributed by atoms with Crippen molar-refractivity contribution in [2.24, 2.45) is 0 Å². The van der Waals surface area contributed by atoms with Gasteiger partial charge in [-0.25, -0.2) is 4.79 Å². The highest BCUT2D eigenvalue weighted by Crippen LogP contribution is 2.15. The van der Waals surface area contributed by atoms with Crippen molar-refractivity contribution in [3.8, 4) is 0 Å². The van der Waals surface area contributed by atoms with Crippen molar-refractivity contribution in [3.63, 3.8) is 0 Å². The second kappa shape index (κ2) is 5.28. The van der Waals surface area contributed by atoms with Crippen molar-refractivity contribution in [3.05, 3.63) is 22.4 Å². The van der Waals surface area contributed by atoms with Gasteiger partial charge in [0, 0.05) is 18.4 Å². The lowest BCUT2D eigenvalue weighted by atomic mass is 10.2. The molecule has 0 spiro atoms. The van der Waals surface area contributed by atoms with Crippen molar-refractivity contribution >= 4 is 17.3 Å². The number of carbonyl (C=O) groups excluding carboxylic acids is 1. The first-order chi connectivity index (χ1) is 7.36. The summed E-state index contributed by atoms with van der Waals surface area (Å²) in [5.74, 6) is -0.228. The fraction of sp³-hybridized carbons (Fsp3) is 0.545. The summed E-state index contributed by atoms with van der Waals surface area (Å²) in [5, 5.41) is 3.67. The molecule has 1 aliphatic rings. The maximum atomic E-state index is 11.4. The highest BCUT2D eigenvalue weighted by molar-refractivity contribution is 7.08. The molecule has 0 amide bonds. The molecule has 82 valence electrons. The molecule has 1 atom stereocenters. The molecule has 1 aromatic heterocycles. The minimum absolute atomic E-state index is 0.228. The van der Waals surface area contributed by atoms with Gasteiger partial charge in [-0.3, -0.25) is 0 Å². The predicted molar refractivity (Wildman–Crippen MR) is 58.2 cm³/mol. The molecular formula is C11H14O3S. The highest BCUT2D eigenvalue weighted by Gasteiger charge is 2.16. The smallest absolute Gasteiger partial charge is 0.338 e. The largest absolute Gasteiger partial charge is 0.462 e. The minimum Gasteiger partial charge on any atom is -0.462 e. The van der Waals surface area contributed by atoms with E-state index in [-0.39, 0.29) is 5.97 Å². The number of esters is 1. The molecule has 0 aromatic carbocycles. The van der Waals surface area contributed by atoms with Crippen LogP contribution in [0, 0.1) is 0 Å².